The molecule has 5 nitrogen and oxygen atoms in total. The number of ether oxygens (including phenoxy) is 2. The van der Waals surface area contributed by atoms with Gasteiger partial charge in [-0.3, -0.25) is 9.69 Å². The Bertz CT molecular complexity index is 945. The molecule has 3 rings (SSSR count). The lowest BCUT2D eigenvalue weighted by molar-refractivity contribution is -0.132. The van der Waals surface area contributed by atoms with E-state index in [-0.39, 0.29) is 5.91 Å². The Labute approximate surface area is 188 Å². The molecule has 3 aromatic rings. The fraction of sp³-hybridized carbons (Fsp3) is 0.320. The molecule has 0 saturated carbocycles. The van der Waals surface area contributed by atoms with Crippen LogP contribution in [0.1, 0.15) is 22.9 Å². The smallest absolute Gasteiger partial charge is 0.237 e. The number of methoxy groups -OCH3 is 1. The third-order valence-electron chi connectivity index (χ3n) is 4.99. The zero-order valence-corrected chi connectivity index (χ0v) is 19.2. The van der Waals surface area contributed by atoms with Gasteiger partial charge in [0.2, 0.25) is 5.91 Å². The van der Waals surface area contributed by atoms with Crippen LogP contribution < -0.4 is 9.47 Å². The number of hydrogen-bond acceptors (Lipinski definition) is 5. The van der Waals surface area contributed by atoms with Gasteiger partial charge in [0.05, 0.1) is 13.7 Å². The highest BCUT2D eigenvalue weighted by molar-refractivity contribution is 7.09. The molecule has 0 bridgehead atoms. The summed E-state index contributed by atoms with van der Waals surface area (Å²) < 4.78 is 11.4. The van der Waals surface area contributed by atoms with Gasteiger partial charge in [-0.2, -0.15) is 0 Å². The van der Waals surface area contributed by atoms with Crippen molar-refractivity contribution < 1.29 is 14.3 Å². The molecule has 0 N–H and O–H groups in total. The van der Waals surface area contributed by atoms with Gasteiger partial charge in [0.1, 0.15) is 6.61 Å². The van der Waals surface area contributed by atoms with Crippen molar-refractivity contribution >= 4 is 17.2 Å². The molecule has 0 saturated heterocycles. The Morgan fingerprint density at radius 3 is 2.45 bits per heavy atom. The molecule has 2 aromatic carbocycles. The lowest BCUT2D eigenvalue weighted by Crippen LogP contribution is -2.38. The van der Waals surface area contributed by atoms with Crippen LogP contribution in [-0.2, 0) is 24.5 Å². The maximum absolute atomic E-state index is 12.9. The Morgan fingerprint density at radius 2 is 1.77 bits per heavy atom. The number of rotatable bonds is 11. The number of carbonyl (C=O) groups excluding carboxylic acids is 1. The third kappa shape index (κ3) is 6.84. The minimum absolute atomic E-state index is 0.109. The first-order valence-corrected chi connectivity index (χ1v) is 11.3. The van der Waals surface area contributed by atoms with Crippen molar-refractivity contribution in [3.8, 4) is 11.5 Å². The molecule has 0 spiro atoms. The standard InChI is InChI=1S/C25H30N2O3S/c1-4-27(25(28)18-26(2)16-20-9-6-5-7-10-20)17-21-12-13-23(24(15-21)29-3)30-19-22-11-8-14-31-22/h5-15H,4,16-19H2,1-3H3. The maximum atomic E-state index is 12.9. The van der Waals surface area contributed by atoms with Crippen molar-refractivity contribution in [3.63, 3.8) is 0 Å². The molecule has 0 aliphatic carbocycles. The Kier molecular flexibility index (Phi) is 8.50. The van der Waals surface area contributed by atoms with E-state index in [2.05, 4.69) is 12.1 Å². The van der Waals surface area contributed by atoms with E-state index in [0.717, 1.165) is 17.0 Å². The molecular formula is C25H30N2O3S. The van der Waals surface area contributed by atoms with Crippen molar-refractivity contribution in [1.29, 1.82) is 0 Å². The maximum Gasteiger partial charge on any atom is 0.237 e. The van der Waals surface area contributed by atoms with Gasteiger partial charge < -0.3 is 14.4 Å². The van der Waals surface area contributed by atoms with E-state index >= 15 is 0 Å². The number of hydrogen-bond donors (Lipinski definition) is 0. The molecule has 0 radical (unpaired) electrons. The van der Waals surface area contributed by atoms with Crippen molar-refractivity contribution in [3.05, 3.63) is 82.0 Å². The molecule has 1 amide bonds. The molecule has 6 heteroatoms. The molecule has 0 unspecified atom stereocenters. The Balaban J connectivity index is 1.58. The number of benzene rings is 2. The van der Waals surface area contributed by atoms with Crippen LogP contribution in [0, 0.1) is 0 Å². The van der Waals surface area contributed by atoms with E-state index < -0.39 is 0 Å². The Morgan fingerprint density at radius 1 is 0.968 bits per heavy atom. The minimum atomic E-state index is 0.109. The summed E-state index contributed by atoms with van der Waals surface area (Å²) in [5, 5.41) is 2.03. The summed E-state index contributed by atoms with van der Waals surface area (Å²) >= 11 is 1.66. The van der Waals surface area contributed by atoms with Crippen LogP contribution in [0.5, 0.6) is 11.5 Å². The van der Waals surface area contributed by atoms with E-state index in [1.165, 1.54) is 5.56 Å². The summed E-state index contributed by atoms with van der Waals surface area (Å²) in [5.74, 6) is 1.49. The van der Waals surface area contributed by atoms with E-state index in [1.54, 1.807) is 18.4 Å². The highest BCUT2D eigenvalue weighted by Crippen LogP contribution is 2.29. The van der Waals surface area contributed by atoms with Crippen LogP contribution in [0.25, 0.3) is 0 Å². The van der Waals surface area contributed by atoms with Gasteiger partial charge in [0, 0.05) is 24.5 Å². The first kappa shape index (κ1) is 22.8. The summed E-state index contributed by atoms with van der Waals surface area (Å²) in [5.41, 5.74) is 2.21. The van der Waals surface area contributed by atoms with Crippen LogP contribution >= 0.6 is 11.3 Å². The van der Waals surface area contributed by atoms with E-state index in [0.29, 0.717) is 37.7 Å². The molecule has 0 aliphatic heterocycles. The summed E-state index contributed by atoms with van der Waals surface area (Å²) in [6.07, 6.45) is 0. The highest BCUT2D eigenvalue weighted by Gasteiger charge is 2.16. The van der Waals surface area contributed by atoms with Gasteiger partial charge in [-0.05, 0) is 48.7 Å². The monoisotopic (exact) mass is 438 g/mol. The molecule has 164 valence electrons. The average molecular weight is 439 g/mol. The van der Waals surface area contributed by atoms with Crippen LogP contribution in [0.2, 0.25) is 0 Å². The van der Waals surface area contributed by atoms with Crippen molar-refractivity contribution in [2.75, 3.05) is 27.2 Å². The predicted octanol–water partition coefficient (Wildman–Crippen LogP) is 4.82. The largest absolute Gasteiger partial charge is 0.493 e. The van der Waals surface area contributed by atoms with Crippen LogP contribution in [0.15, 0.2) is 66.0 Å². The molecule has 0 atom stereocenters. The lowest BCUT2D eigenvalue weighted by Gasteiger charge is -2.25. The summed E-state index contributed by atoms with van der Waals surface area (Å²) in [6, 6.07) is 20.1. The second-order valence-corrected chi connectivity index (χ2v) is 8.45. The summed E-state index contributed by atoms with van der Waals surface area (Å²) in [7, 11) is 3.61. The SMILES string of the molecule is CCN(Cc1ccc(OCc2cccs2)c(OC)c1)C(=O)CN(C)Cc1ccccc1. The number of thiophene rings is 1. The first-order chi connectivity index (χ1) is 15.1. The number of likely N-dealkylation sites (N-methyl/N-ethyl adjacent to an activating group) is 2. The fourth-order valence-corrected chi connectivity index (χ4v) is 3.97. The first-order valence-electron chi connectivity index (χ1n) is 10.4. The van der Waals surface area contributed by atoms with Crippen LogP contribution in [0.3, 0.4) is 0 Å². The van der Waals surface area contributed by atoms with Gasteiger partial charge >= 0.3 is 0 Å². The summed E-state index contributed by atoms with van der Waals surface area (Å²) in [6.45, 7) is 4.83. The lowest BCUT2D eigenvalue weighted by atomic mass is 10.1. The van der Waals surface area contributed by atoms with Crippen LogP contribution in [-0.4, -0.2) is 43.0 Å². The molecule has 0 aliphatic rings. The van der Waals surface area contributed by atoms with E-state index in [1.807, 2.05) is 77.7 Å². The van der Waals surface area contributed by atoms with Crippen molar-refractivity contribution in [2.45, 2.75) is 26.6 Å². The summed E-state index contributed by atoms with van der Waals surface area (Å²) in [4.78, 5) is 17.9. The molecule has 1 heterocycles. The van der Waals surface area contributed by atoms with Gasteiger partial charge in [-0.25, -0.2) is 0 Å². The van der Waals surface area contributed by atoms with Crippen molar-refractivity contribution in [2.24, 2.45) is 0 Å². The third-order valence-corrected chi connectivity index (χ3v) is 5.84. The number of carbonyl (C=O) groups is 1. The van der Waals surface area contributed by atoms with Gasteiger partial charge in [-0.15, -0.1) is 11.3 Å². The molecule has 1 aromatic heterocycles. The fourth-order valence-electron chi connectivity index (χ4n) is 3.35. The normalized spacial score (nSPS) is 10.8. The molecule has 31 heavy (non-hydrogen) atoms. The Hall–Kier alpha value is -2.83. The topological polar surface area (TPSA) is 42.0 Å². The van der Waals surface area contributed by atoms with Crippen LogP contribution in [0.4, 0.5) is 0 Å². The molecule has 0 fully saturated rings. The molecular weight excluding hydrogens is 408 g/mol. The zero-order valence-electron chi connectivity index (χ0n) is 18.4. The van der Waals surface area contributed by atoms with E-state index in [4.69, 9.17) is 9.47 Å². The van der Waals surface area contributed by atoms with Gasteiger partial charge in [-0.1, -0.05) is 42.5 Å². The number of amides is 1. The van der Waals surface area contributed by atoms with Crippen molar-refractivity contribution in [1.82, 2.24) is 9.80 Å². The van der Waals surface area contributed by atoms with Gasteiger partial charge in [0.25, 0.3) is 0 Å². The van der Waals surface area contributed by atoms with E-state index in [9.17, 15) is 4.79 Å². The second kappa shape index (κ2) is 11.5. The second-order valence-electron chi connectivity index (χ2n) is 7.42. The quantitative estimate of drug-likeness (QED) is 0.431. The highest BCUT2D eigenvalue weighted by atomic mass is 32.1. The average Bonchev–Trinajstić information content (AvgIpc) is 3.30. The minimum Gasteiger partial charge on any atom is -0.493 e. The predicted molar refractivity (Wildman–Crippen MR) is 126 cm³/mol. The zero-order chi connectivity index (χ0) is 22.1. The van der Waals surface area contributed by atoms with Gasteiger partial charge in [0.15, 0.2) is 11.5 Å². The number of nitrogens with zero attached hydrogens (tertiary/aromatic N) is 2.